The highest BCUT2D eigenvalue weighted by atomic mass is 32.1. The molecule has 2 atom stereocenters. The summed E-state index contributed by atoms with van der Waals surface area (Å²) in [6, 6.07) is 21.7. The normalized spacial score (nSPS) is 19.0. The molecule has 0 spiro atoms. The molecule has 2 unspecified atom stereocenters. The van der Waals surface area contributed by atoms with Crippen molar-refractivity contribution in [1.29, 1.82) is 0 Å². The third-order valence-electron chi connectivity index (χ3n) is 7.18. The number of morpholine rings is 1. The number of rotatable bonds is 7. The van der Waals surface area contributed by atoms with Crippen LogP contribution in [0.15, 0.2) is 83.4 Å². The first-order chi connectivity index (χ1) is 19.5. The molecule has 2 aliphatic rings. The molecule has 6 rings (SSSR count). The van der Waals surface area contributed by atoms with Gasteiger partial charge in [0.05, 0.1) is 48.6 Å². The van der Waals surface area contributed by atoms with Crippen LogP contribution in [0.5, 0.6) is 5.75 Å². The molecule has 0 amide bonds. The van der Waals surface area contributed by atoms with Crippen molar-refractivity contribution in [3.8, 4) is 17.1 Å². The number of hydrogen-bond acceptors (Lipinski definition) is 8. The van der Waals surface area contributed by atoms with E-state index in [2.05, 4.69) is 39.5 Å². The smallest absolute Gasteiger partial charge is 0.273 e. The fourth-order valence-corrected chi connectivity index (χ4v) is 5.57. The van der Waals surface area contributed by atoms with Crippen molar-refractivity contribution in [2.75, 3.05) is 43.2 Å². The zero-order chi connectivity index (χ0) is 27.6. The molecule has 4 heterocycles. The second-order valence-electron chi connectivity index (χ2n) is 9.46. The van der Waals surface area contributed by atoms with Crippen LogP contribution < -0.4 is 19.9 Å². The van der Waals surface area contributed by atoms with Gasteiger partial charge in [0.2, 0.25) is 0 Å². The molecule has 204 valence electrons. The van der Waals surface area contributed by atoms with Crippen molar-refractivity contribution in [1.82, 2.24) is 10.3 Å². The zero-order valence-corrected chi connectivity index (χ0v) is 22.5. The summed E-state index contributed by atoms with van der Waals surface area (Å²) in [4.78, 5) is 19.8. The number of nitrogens with zero attached hydrogens (tertiary/aromatic N) is 4. The summed E-state index contributed by atoms with van der Waals surface area (Å²) in [7, 11) is 1.48. The van der Waals surface area contributed by atoms with E-state index in [4.69, 9.17) is 26.1 Å². The molecule has 1 N–H and O–H groups in total. The second kappa shape index (κ2) is 10.9. The first-order valence-corrected chi connectivity index (χ1v) is 13.3. The van der Waals surface area contributed by atoms with Gasteiger partial charge in [-0.15, -0.1) is 0 Å². The van der Waals surface area contributed by atoms with Gasteiger partial charge in [-0.05, 0) is 66.8 Å². The Morgan fingerprint density at radius 1 is 1.05 bits per heavy atom. The number of anilines is 2. The SMILES string of the molecule is COc1cc([N+](=O)[O-])ccc1-c1ccc(C2C(c3ccccn3)NC(=S)N2c2ccc(N3CCOCC3)cc2)o1. The van der Waals surface area contributed by atoms with Crippen LogP contribution in [0.4, 0.5) is 17.1 Å². The highest BCUT2D eigenvalue weighted by Gasteiger charge is 2.42. The molecule has 2 saturated heterocycles. The van der Waals surface area contributed by atoms with Crippen LogP contribution >= 0.6 is 12.2 Å². The monoisotopic (exact) mass is 557 g/mol. The van der Waals surface area contributed by atoms with Gasteiger partial charge in [-0.3, -0.25) is 15.1 Å². The lowest BCUT2D eigenvalue weighted by molar-refractivity contribution is -0.384. The van der Waals surface area contributed by atoms with Gasteiger partial charge in [-0.1, -0.05) is 6.07 Å². The Kier molecular flexibility index (Phi) is 7.06. The molecular weight excluding hydrogens is 530 g/mol. The van der Waals surface area contributed by atoms with E-state index in [9.17, 15) is 10.1 Å². The van der Waals surface area contributed by atoms with Gasteiger partial charge in [0, 0.05) is 36.7 Å². The fraction of sp³-hybridized carbons (Fsp3) is 0.241. The van der Waals surface area contributed by atoms with E-state index in [1.54, 1.807) is 12.3 Å². The Morgan fingerprint density at radius 3 is 2.52 bits per heavy atom. The lowest BCUT2D eigenvalue weighted by Crippen LogP contribution is -2.36. The van der Waals surface area contributed by atoms with Crippen LogP contribution in [-0.2, 0) is 4.74 Å². The van der Waals surface area contributed by atoms with Crippen LogP contribution in [0, 0.1) is 10.1 Å². The summed E-state index contributed by atoms with van der Waals surface area (Å²) in [5, 5.41) is 15.3. The molecule has 11 heteroatoms. The van der Waals surface area contributed by atoms with Gasteiger partial charge < -0.3 is 29.0 Å². The highest BCUT2D eigenvalue weighted by molar-refractivity contribution is 7.80. The number of nitro groups is 1. The molecule has 40 heavy (non-hydrogen) atoms. The molecule has 0 aliphatic carbocycles. The van der Waals surface area contributed by atoms with E-state index in [1.807, 2.05) is 35.2 Å². The van der Waals surface area contributed by atoms with Crippen LogP contribution in [0.25, 0.3) is 11.3 Å². The van der Waals surface area contributed by atoms with Gasteiger partial charge in [0.1, 0.15) is 23.3 Å². The van der Waals surface area contributed by atoms with Crippen molar-refractivity contribution in [2.24, 2.45) is 0 Å². The maximum absolute atomic E-state index is 11.3. The van der Waals surface area contributed by atoms with Crippen molar-refractivity contribution in [3.05, 3.63) is 101 Å². The van der Waals surface area contributed by atoms with Crippen LogP contribution in [0.1, 0.15) is 23.5 Å². The van der Waals surface area contributed by atoms with Gasteiger partial charge in [-0.2, -0.15) is 0 Å². The summed E-state index contributed by atoms with van der Waals surface area (Å²) in [5.74, 6) is 1.55. The van der Waals surface area contributed by atoms with Crippen molar-refractivity contribution < 1.29 is 18.8 Å². The number of methoxy groups -OCH3 is 1. The minimum Gasteiger partial charge on any atom is -0.496 e. The van der Waals surface area contributed by atoms with Gasteiger partial charge in [0.25, 0.3) is 5.69 Å². The number of non-ortho nitro benzene ring substituents is 1. The average molecular weight is 558 g/mol. The molecule has 0 radical (unpaired) electrons. The second-order valence-corrected chi connectivity index (χ2v) is 9.84. The summed E-state index contributed by atoms with van der Waals surface area (Å²) < 4.78 is 17.4. The number of benzene rings is 2. The molecule has 2 aromatic heterocycles. The molecule has 10 nitrogen and oxygen atoms in total. The summed E-state index contributed by atoms with van der Waals surface area (Å²) >= 11 is 5.85. The Labute approximate surface area is 236 Å². The third-order valence-corrected chi connectivity index (χ3v) is 7.50. The van der Waals surface area contributed by atoms with E-state index in [0.717, 1.165) is 43.4 Å². The van der Waals surface area contributed by atoms with Gasteiger partial charge >= 0.3 is 0 Å². The third kappa shape index (κ3) is 4.85. The average Bonchev–Trinajstić information content (AvgIpc) is 3.62. The minimum absolute atomic E-state index is 0.0559. The number of aromatic nitrogens is 1. The van der Waals surface area contributed by atoms with Gasteiger partial charge in [-0.25, -0.2) is 0 Å². The zero-order valence-electron chi connectivity index (χ0n) is 21.7. The molecular formula is C29H27N5O5S. The van der Waals surface area contributed by atoms with E-state index in [0.29, 0.717) is 27.9 Å². The number of hydrogen-bond donors (Lipinski definition) is 1. The first kappa shape index (κ1) is 25.8. The Balaban J connectivity index is 1.38. The van der Waals surface area contributed by atoms with Gasteiger partial charge in [0.15, 0.2) is 5.11 Å². The standard InChI is InChI=1S/C29H27N5O5S/c1-37-26-18-21(34(35)36)9-10-22(26)24-11-12-25(39-24)28-27(23-4-2-3-13-30-23)31-29(40)33(28)20-7-5-19(6-8-20)32-14-16-38-17-15-32/h2-13,18,27-28H,14-17H2,1H3,(H,31,40). The predicted molar refractivity (Wildman–Crippen MR) is 155 cm³/mol. The van der Waals surface area contributed by atoms with E-state index in [-0.39, 0.29) is 17.8 Å². The molecule has 2 aromatic carbocycles. The largest absolute Gasteiger partial charge is 0.496 e. The highest BCUT2D eigenvalue weighted by Crippen LogP contribution is 2.44. The lowest BCUT2D eigenvalue weighted by Gasteiger charge is -2.30. The maximum Gasteiger partial charge on any atom is 0.273 e. The topological polar surface area (TPSA) is 106 Å². The van der Waals surface area contributed by atoms with Crippen molar-refractivity contribution in [3.63, 3.8) is 0 Å². The lowest BCUT2D eigenvalue weighted by atomic mass is 10.0. The quantitative estimate of drug-likeness (QED) is 0.183. The summed E-state index contributed by atoms with van der Waals surface area (Å²) in [6.07, 6.45) is 1.76. The van der Waals surface area contributed by atoms with Crippen LogP contribution in [0.2, 0.25) is 0 Å². The fourth-order valence-electron chi connectivity index (χ4n) is 5.22. The molecule has 0 bridgehead atoms. The minimum atomic E-state index is -0.454. The van der Waals surface area contributed by atoms with Crippen LogP contribution in [0.3, 0.4) is 0 Å². The number of thiocarbonyl (C=S) groups is 1. The first-order valence-electron chi connectivity index (χ1n) is 12.9. The molecule has 4 aromatic rings. The molecule has 2 fully saturated rings. The number of furan rings is 1. The molecule has 0 saturated carbocycles. The summed E-state index contributed by atoms with van der Waals surface area (Å²) in [5.41, 5.74) is 3.44. The molecule has 2 aliphatic heterocycles. The number of nitro benzene ring substituents is 1. The number of ether oxygens (including phenoxy) is 2. The Bertz CT molecular complexity index is 1520. The number of nitrogens with one attached hydrogen (secondary N) is 1. The van der Waals surface area contributed by atoms with Crippen molar-refractivity contribution >= 4 is 34.4 Å². The maximum atomic E-state index is 11.3. The predicted octanol–water partition coefficient (Wildman–Crippen LogP) is 5.27. The van der Waals surface area contributed by atoms with E-state index >= 15 is 0 Å². The van der Waals surface area contributed by atoms with E-state index < -0.39 is 4.92 Å². The summed E-state index contributed by atoms with van der Waals surface area (Å²) in [6.45, 7) is 3.15. The van der Waals surface area contributed by atoms with E-state index in [1.165, 1.54) is 19.2 Å². The Hall–Kier alpha value is -4.48. The van der Waals surface area contributed by atoms with Crippen LogP contribution in [-0.4, -0.2) is 48.4 Å². The Morgan fingerprint density at radius 2 is 1.82 bits per heavy atom. The van der Waals surface area contributed by atoms with Crippen molar-refractivity contribution in [2.45, 2.75) is 12.1 Å². The number of pyridine rings is 1.